The first-order chi connectivity index (χ1) is 16.7. The van der Waals surface area contributed by atoms with Crippen LogP contribution < -0.4 is 10.5 Å². The highest BCUT2D eigenvalue weighted by Gasteiger charge is 2.16. The van der Waals surface area contributed by atoms with Crippen LogP contribution >= 0.6 is 0 Å². The summed E-state index contributed by atoms with van der Waals surface area (Å²) in [5.41, 5.74) is 11.8. The Morgan fingerprint density at radius 2 is 1.94 bits per heavy atom. The Labute approximate surface area is 204 Å². The van der Waals surface area contributed by atoms with E-state index in [1.807, 2.05) is 42.9 Å². The summed E-state index contributed by atoms with van der Waals surface area (Å²) in [4.78, 5) is 4.41. The molecule has 0 bridgehead atoms. The van der Waals surface area contributed by atoms with Crippen LogP contribution in [0.3, 0.4) is 0 Å². The van der Waals surface area contributed by atoms with Gasteiger partial charge in [-0.05, 0) is 43.3 Å². The number of rotatable bonds is 10. The monoisotopic (exact) mass is 499 g/mol. The zero-order valence-electron chi connectivity index (χ0n) is 20.2. The molecular weight excluding hydrogens is 469 g/mol. The lowest BCUT2D eigenvalue weighted by molar-refractivity contribution is 0.321. The van der Waals surface area contributed by atoms with Crippen LogP contribution in [0.2, 0.25) is 0 Å². The molecule has 0 aliphatic heterocycles. The van der Waals surface area contributed by atoms with Crippen LogP contribution in [0.1, 0.15) is 22.6 Å². The Morgan fingerprint density at radius 1 is 1.14 bits per heavy atom. The van der Waals surface area contributed by atoms with Crippen LogP contribution in [0.4, 0.5) is 4.39 Å². The van der Waals surface area contributed by atoms with E-state index in [9.17, 15) is 12.8 Å². The number of benzene rings is 1. The average molecular weight is 500 g/mol. The first-order valence-electron chi connectivity index (χ1n) is 11.4. The van der Waals surface area contributed by atoms with Gasteiger partial charge < -0.3 is 14.9 Å². The maximum absolute atomic E-state index is 14.1. The van der Waals surface area contributed by atoms with E-state index in [0.29, 0.717) is 38.2 Å². The maximum atomic E-state index is 14.1. The highest BCUT2D eigenvalue weighted by atomic mass is 32.2. The molecule has 0 saturated heterocycles. The number of ether oxygens (including phenoxy) is 1. The van der Waals surface area contributed by atoms with Crippen LogP contribution in [-0.2, 0) is 36.1 Å². The molecule has 10 heteroatoms. The first kappa shape index (κ1) is 24.9. The van der Waals surface area contributed by atoms with Crippen molar-refractivity contribution in [1.29, 1.82) is 0 Å². The number of nitrogens with zero attached hydrogens (tertiary/aromatic N) is 4. The van der Waals surface area contributed by atoms with Crippen molar-refractivity contribution in [2.45, 2.75) is 26.2 Å². The fraction of sp³-hybridized carbons (Fsp3) is 0.360. The molecule has 0 fully saturated rings. The minimum atomic E-state index is -3.10. The van der Waals surface area contributed by atoms with E-state index in [4.69, 9.17) is 10.5 Å². The fourth-order valence-electron chi connectivity index (χ4n) is 4.17. The molecule has 0 atom stereocenters. The average Bonchev–Trinajstić information content (AvgIpc) is 3.33. The van der Waals surface area contributed by atoms with Crippen molar-refractivity contribution >= 4 is 15.5 Å². The van der Waals surface area contributed by atoms with E-state index >= 15 is 0 Å². The van der Waals surface area contributed by atoms with Gasteiger partial charge in [-0.3, -0.25) is 4.68 Å². The number of pyridine rings is 1. The lowest BCUT2D eigenvalue weighted by atomic mass is 10.1. The van der Waals surface area contributed by atoms with E-state index in [0.717, 1.165) is 39.4 Å². The summed E-state index contributed by atoms with van der Waals surface area (Å²) in [6.45, 7) is 2.75. The van der Waals surface area contributed by atoms with E-state index in [2.05, 4.69) is 10.1 Å². The second-order valence-corrected chi connectivity index (χ2v) is 10.9. The molecule has 35 heavy (non-hydrogen) atoms. The van der Waals surface area contributed by atoms with Gasteiger partial charge in [0.25, 0.3) is 0 Å². The molecular formula is C25H30FN5O3S. The van der Waals surface area contributed by atoms with Crippen molar-refractivity contribution in [3.05, 3.63) is 71.2 Å². The Morgan fingerprint density at radius 3 is 2.69 bits per heavy atom. The summed E-state index contributed by atoms with van der Waals surface area (Å²) < 4.78 is 47.2. The Balaban J connectivity index is 1.57. The highest BCUT2D eigenvalue weighted by molar-refractivity contribution is 7.90. The minimum Gasteiger partial charge on any atom is -0.492 e. The molecule has 0 amide bonds. The van der Waals surface area contributed by atoms with Crippen molar-refractivity contribution < 1.29 is 17.5 Å². The molecule has 8 nitrogen and oxygen atoms in total. The summed E-state index contributed by atoms with van der Waals surface area (Å²) in [6.07, 6.45) is 6.56. The Hall–Kier alpha value is -3.24. The maximum Gasteiger partial charge on any atom is 0.147 e. The number of fused-ring (bicyclic) bond motifs is 1. The minimum absolute atomic E-state index is 0.0359. The predicted octanol–water partition coefficient (Wildman–Crippen LogP) is 2.89. The number of halogens is 1. The van der Waals surface area contributed by atoms with Crippen LogP contribution in [0.5, 0.6) is 5.75 Å². The molecule has 2 N–H and O–H groups in total. The number of hydrogen-bond donors (Lipinski definition) is 1. The van der Waals surface area contributed by atoms with Gasteiger partial charge in [0.2, 0.25) is 0 Å². The largest absolute Gasteiger partial charge is 0.492 e. The molecule has 1 aromatic carbocycles. The van der Waals surface area contributed by atoms with Gasteiger partial charge >= 0.3 is 0 Å². The number of aromatic nitrogens is 4. The van der Waals surface area contributed by atoms with E-state index < -0.39 is 9.84 Å². The zero-order valence-corrected chi connectivity index (χ0v) is 21.0. The first-order valence-corrected chi connectivity index (χ1v) is 13.5. The van der Waals surface area contributed by atoms with Gasteiger partial charge in [0.1, 0.15) is 27.1 Å². The lowest BCUT2D eigenvalue weighted by Gasteiger charge is -2.13. The van der Waals surface area contributed by atoms with E-state index in [1.165, 1.54) is 18.4 Å². The SMILES string of the molecule is Cc1c(CCOc2cc(F)ccc2-c2ccc3ncc(CCN)n3c2)c(CCS(C)(=O)=O)nn1C. The molecule has 186 valence electrons. The predicted molar refractivity (Wildman–Crippen MR) is 134 cm³/mol. The molecule has 4 rings (SSSR count). The Bertz CT molecular complexity index is 1460. The second kappa shape index (κ2) is 10.2. The molecule has 0 saturated carbocycles. The van der Waals surface area contributed by atoms with Crippen LogP contribution in [-0.4, -0.2) is 52.7 Å². The van der Waals surface area contributed by atoms with Gasteiger partial charge in [0, 0.05) is 73.5 Å². The summed E-state index contributed by atoms with van der Waals surface area (Å²) >= 11 is 0. The van der Waals surface area contributed by atoms with Gasteiger partial charge in [-0.2, -0.15) is 5.10 Å². The topological polar surface area (TPSA) is 105 Å². The summed E-state index contributed by atoms with van der Waals surface area (Å²) in [5.74, 6) is 0.0839. The third-order valence-electron chi connectivity index (χ3n) is 6.10. The van der Waals surface area contributed by atoms with Gasteiger partial charge in [0.05, 0.1) is 18.1 Å². The summed E-state index contributed by atoms with van der Waals surface area (Å²) in [6, 6.07) is 8.35. The number of sulfone groups is 1. The third kappa shape index (κ3) is 5.71. The number of aryl methyl sites for hydroxylation is 2. The van der Waals surface area contributed by atoms with Crippen LogP contribution in [0.15, 0.2) is 42.7 Å². The van der Waals surface area contributed by atoms with Gasteiger partial charge in [-0.15, -0.1) is 0 Å². The lowest BCUT2D eigenvalue weighted by Crippen LogP contribution is -2.09. The van der Waals surface area contributed by atoms with Crippen LogP contribution in [0.25, 0.3) is 16.8 Å². The second-order valence-electron chi connectivity index (χ2n) is 8.69. The quantitative estimate of drug-likeness (QED) is 0.360. The Kier molecular flexibility index (Phi) is 7.23. The molecule has 0 aliphatic carbocycles. The molecule has 0 aliphatic rings. The van der Waals surface area contributed by atoms with Crippen molar-refractivity contribution in [3.63, 3.8) is 0 Å². The molecule has 3 aromatic heterocycles. The third-order valence-corrected chi connectivity index (χ3v) is 7.04. The zero-order chi connectivity index (χ0) is 25.2. The molecule has 0 spiro atoms. The summed E-state index contributed by atoms with van der Waals surface area (Å²) in [5, 5.41) is 4.48. The van der Waals surface area contributed by atoms with Crippen molar-refractivity contribution in [2.24, 2.45) is 12.8 Å². The smallest absolute Gasteiger partial charge is 0.147 e. The number of nitrogens with two attached hydrogens (primary N) is 1. The van der Waals surface area contributed by atoms with Gasteiger partial charge in [0.15, 0.2) is 0 Å². The molecule has 3 heterocycles. The molecule has 0 unspecified atom stereocenters. The van der Waals surface area contributed by atoms with E-state index in [1.54, 1.807) is 10.7 Å². The number of imidazole rings is 1. The standard InChI is InChI=1S/C25H30FN5O3S/c1-17-21(23(29-30(17)2)10-13-35(3,32)33)9-12-34-24-14-19(26)5-6-22(24)18-4-7-25-28-15-20(8-11-27)31(25)16-18/h4-7,14-16H,8-13,27H2,1-3H3. The number of hydrogen-bond acceptors (Lipinski definition) is 6. The van der Waals surface area contributed by atoms with Crippen molar-refractivity contribution in [1.82, 2.24) is 19.2 Å². The fourth-order valence-corrected chi connectivity index (χ4v) is 4.73. The summed E-state index contributed by atoms with van der Waals surface area (Å²) in [7, 11) is -1.27. The van der Waals surface area contributed by atoms with Gasteiger partial charge in [-0.1, -0.05) is 0 Å². The van der Waals surface area contributed by atoms with Crippen molar-refractivity contribution in [3.8, 4) is 16.9 Å². The van der Waals surface area contributed by atoms with Gasteiger partial charge in [-0.25, -0.2) is 17.8 Å². The molecule has 0 radical (unpaired) electrons. The normalized spacial score (nSPS) is 11.9. The van der Waals surface area contributed by atoms with Crippen LogP contribution in [0, 0.1) is 12.7 Å². The highest BCUT2D eigenvalue weighted by Crippen LogP contribution is 2.31. The van der Waals surface area contributed by atoms with E-state index in [-0.39, 0.29) is 11.6 Å². The molecule has 4 aromatic rings. The van der Waals surface area contributed by atoms with Crippen molar-refractivity contribution in [2.75, 3.05) is 25.2 Å².